The van der Waals surface area contributed by atoms with Crippen molar-refractivity contribution in [2.75, 3.05) is 19.8 Å². The lowest BCUT2D eigenvalue weighted by Gasteiger charge is -2.44. The Labute approximate surface area is 191 Å². The highest BCUT2D eigenvalue weighted by Crippen LogP contribution is 2.31. The van der Waals surface area contributed by atoms with Crippen LogP contribution in [0.4, 0.5) is 0 Å². The SMILES string of the molecule is CCC[C@@H]1C[C@@H](C(=O)N[C@@H]([C@H]2O[C@H](SC)[C@H](O)[C@@H](O)[C@H]2O)[C@H](C)Cl)N(C)C1.O=[N+]([O-])O. The van der Waals surface area contributed by atoms with Crippen LogP contribution < -0.4 is 5.32 Å². The van der Waals surface area contributed by atoms with Gasteiger partial charge >= 0.3 is 0 Å². The normalized spacial score (nSPS) is 35.5. The molecule has 0 spiro atoms. The van der Waals surface area contributed by atoms with Crippen molar-refractivity contribution in [3.63, 3.8) is 0 Å². The molecule has 0 aromatic heterocycles. The molecule has 182 valence electrons. The Kier molecular flexibility index (Phi) is 11.8. The predicted octanol–water partition coefficient (Wildman–Crippen LogP) is 0.0418. The zero-order valence-electron chi connectivity index (χ0n) is 18.1. The first-order chi connectivity index (χ1) is 14.4. The lowest BCUT2D eigenvalue weighted by Crippen LogP contribution is -2.65. The maximum atomic E-state index is 12.9. The van der Waals surface area contributed by atoms with Gasteiger partial charge in [0.25, 0.3) is 5.09 Å². The summed E-state index contributed by atoms with van der Waals surface area (Å²) in [7, 11) is 1.94. The van der Waals surface area contributed by atoms with Gasteiger partial charge in [-0.15, -0.1) is 33.5 Å². The van der Waals surface area contributed by atoms with E-state index in [1.54, 1.807) is 13.2 Å². The summed E-state index contributed by atoms with van der Waals surface area (Å²) in [5.74, 6) is 0.350. The molecule has 0 aromatic carbocycles. The number of hydrogen-bond donors (Lipinski definition) is 5. The maximum Gasteiger partial charge on any atom is 0.291 e. The second-order valence-electron chi connectivity index (χ2n) is 7.97. The van der Waals surface area contributed by atoms with Gasteiger partial charge in [-0.3, -0.25) is 9.69 Å². The minimum absolute atomic E-state index is 0.147. The molecule has 0 saturated carbocycles. The molecule has 2 aliphatic rings. The van der Waals surface area contributed by atoms with Gasteiger partial charge in [-0.1, -0.05) is 13.3 Å². The number of likely N-dealkylation sites (tertiary alicyclic amines) is 1. The van der Waals surface area contributed by atoms with Crippen molar-refractivity contribution >= 4 is 29.3 Å². The largest absolute Gasteiger partial charge is 0.388 e. The van der Waals surface area contributed by atoms with E-state index in [1.165, 1.54) is 11.8 Å². The van der Waals surface area contributed by atoms with E-state index in [0.29, 0.717) is 5.92 Å². The summed E-state index contributed by atoms with van der Waals surface area (Å²) in [5.41, 5.74) is -0.702. The van der Waals surface area contributed by atoms with Gasteiger partial charge in [-0.05, 0) is 39.0 Å². The van der Waals surface area contributed by atoms with E-state index >= 15 is 0 Å². The number of nitrogens with one attached hydrogen (secondary N) is 1. The van der Waals surface area contributed by atoms with Crippen LogP contribution in [0.2, 0.25) is 0 Å². The minimum atomic E-state index is -1.50. The number of amides is 1. The van der Waals surface area contributed by atoms with Crippen LogP contribution in [-0.4, -0.2) is 104 Å². The summed E-state index contributed by atoms with van der Waals surface area (Å²) in [6, 6.07) is -0.934. The summed E-state index contributed by atoms with van der Waals surface area (Å²) < 4.78 is 5.79. The van der Waals surface area contributed by atoms with Crippen LogP contribution in [0.5, 0.6) is 0 Å². The molecule has 0 bridgehead atoms. The van der Waals surface area contributed by atoms with Crippen LogP contribution in [0.15, 0.2) is 0 Å². The molecule has 11 nitrogen and oxygen atoms in total. The third kappa shape index (κ3) is 7.88. The molecule has 0 aliphatic carbocycles. The summed E-state index contributed by atoms with van der Waals surface area (Å²) >= 11 is 7.55. The molecular weight excluding hydrogens is 454 g/mol. The molecule has 2 heterocycles. The van der Waals surface area contributed by atoms with Gasteiger partial charge in [0.2, 0.25) is 5.91 Å². The number of likely N-dealkylation sites (N-methyl/N-ethyl adjacent to an activating group) is 1. The van der Waals surface area contributed by atoms with Crippen molar-refractivity contribution in [1.29, 1.82) is 0 Å². The van der Waals surface area contributed by atoms with Crippen molar-refractivity contribution in [1.82, 2.24) is 10.2 Å². The van der Waals surface area contributed by atoms with E-state index < -0.39 is 46.4 Å². The number of nitrogens with zero attached hydrogens (tertiary/aromatic N) is 2. The second-order valence-corrected chi connectivity index (χ2v) is 9.60. The van der Waals surface area contributed by atoms with E-state index in [1.807, 2.05) is 11.9 Å². The highest BCUT2D eigenvalue weighted by Gasteiger charge is 2.48. The number of thioether (sulfide) groups is 1. The summed E-state index contributed by atoms with van der Waals surface area (Å²) in [6.07, 6.45) is -0.0980. The first-order valence-electron chi connectivity index (χ1n) is 10.1. The summed E-state index contributed by atoms with van der Waals surface area (Å²) in [4.78, 5) is 23.3. The van der Waals surface area contributed by atoms with Crippen LogP contribution in [0.25, 0.3) is 0 Å². The Morgan fingerprint density at radius 1 is 1.35 bits per heavy atom. The molecule has 5 N–H and O–H groups in total. The minimum Gasteiger partial charge on any atom is -0.388 e. The number of aliphatic hydroxyl groups excluding tert-OH is 3. The lowest BCUT2D eigenvalue weighted by molar-refractivity contribution is -0.742. The Balaban J connectivity index is 0.00000110. The van der Waals surface area contributed by atoms with Gasteiger partial charge in [-0.2, -0.15) is 0 Å². The molecule has 31 heavy (non-hydrogen) atoms. The third-order valence-electron chi connectivity index (χ3n) is 5.63. The molecule has 0 aromatic rings. The fourth-order valence-corrected chi connectivity index (χ4v) is 5.00. The number of aliphatic hydroxyl groups is 3. The first kappa shape index (κ1) is 28.1. The smallest absolute Gasteiger partial charge is 0.291 e. The standard InChI is InChI=1S/C18H33ClN2O5S.HNO3/c1-5-6-10-7-11(21(3)8-10)17(25)20-12(9(2)19)16-14(23)13(22)15(24)18(26-16)27-4;2-1(3)4/h9-16,18,22-24H,5-8H2,1-4H3,(H,20,25);(H,2,3,4)/t9-,10+,11-,12+,13-,14+,15+,16+,18+;/m0./s1. The number of ether oxygens (including phenoxy) is 1. The number of carbonyl (C=O) groups is 1. The number of rotatable bonds is 7. The van der Waals surface area contributed by atoms with Crippen LogP contribution >= 0.6 is 23.4 Å². The molecular formula is C18H34ClN3O8S. The van der Waals surface area contributed by atoms with E-state index in [-0.39, 0.29) is 11.9 Å². The van der Waals surface area contributed by atoms with Gasteiger partial charge < -0.3 is 30.6 Å². The Morgan fingerprint density at radius 3 is 2.42 bits per heavy atom. The molecule has 1 amide bonds. The first-order valence-corrected chi connectivity index (χ1v) is 11.9. The van der Waals surface area contributed by atoms with Crippen molar-refractivity contribution in [3.8, 4) is 0 Å². The van der Waals surface area contributed by atoms with Gasteiger partial charge in [0.1, 0.15) is 29.9 Å². The number of carbonyl (C=O) groups excluding carboxylic acids is 1. The van der Waals surface area contributed by atoms with E-state index in [2.05, 4.69) is 12.2 Å². The summed E-state index contributed by atoms with van der Waals surface area (Å²) in [5, 5.41) is 46.7. The van der Waals surface area contributed by atoms with Crippen molar-refractivity contribution in [2.45, 2.75) is 80.4 Å². The highest BCUT2D eigenvalue weighted by molar-refractivity contribution is 7.99. The fraction of sp³-hybridized carbons (Fsp3) is 0.944. The molecule has 2 fully saturated rings. The number of halogens is 1. The summed E-state index contributed by atoms with van der Waals surface area (Å²) in [6.45, 7) is 4.74. The molecule has 0 unspecified atom stereocenters. The average Bonchev–Trinajstić information content (AvgIpc) is 3.05. The molecule has 2 saturated heterocycles. The molecule has 0 radical (unpaired) electrons. The second kappa shape index (κ2) is 13.0. The van der Waals surface area contributed by atoms with Crippen LogP contribution in [0.1, 0.15) is 33.1 Å². The quantitative estimate of drug-likeness (QED) is 0.188. The number of hydrogen-bond acceptors (Lipinski definition) is 9. The zero-order chi connectivity index (χ0) is 23.9. The number of alkyl halides is 1. The lowest BCUT2D eigenvalue weighted by atomic mass is 9.92. The third-order valence-corrected chi connectivity index (χ3v) is 6.76. The van der Waals surface area contributed by atoms with E-state index in [4.69, 9.17) is 31.7 Å². The van der Waals surface area contributed by atoms with Crippen molar-refractivity contribution < 1.29 is 35.1 Å². The van der Waals surface area contributed by atoms with Crippen molar-refractivity contribution in [3.05, 3.63) is 10.1 Å². The van der Waals surface area contributed by atoms with Gasteiger partial charge in [-0.25, -0.2) is 0 Å². The average molecular weight is 488 g/mol. The molecule has 2 rings (SSSR count). The maximum absolute atomic E-state index is 12.9. The van der Waals surface area contributed by atoms with Crippen LogP contribution in [0, 0.1) is 16.0 Å². The zero-order valence-corrected chi connectivity index (χ0v) is 19.7. The fourth-order valence-electron chi connectivity index (χ4n) is 4.11. The van der Waals surface area contributed by atoms with Gasteiger partial charge in [0.15, 0.2) is 0 Å². The van der Waals surface area contributed by atoms with Gasteiger partial charge in [0.05, 0.1) is 17.5 Å². The van der Waals surface area contributed by atoms with Gasteiger partial charge in [0, 0.05) is 6.54 Å². The monoisotopic (exact) mass is 487 g/mol. The van der Waals surface area contributed by atoms with E-state index in [0.717, 1.165) is 25.8 Å². The Hall–Kier alpha value is -0.890. The van der Waals surface area contributed by atoms with E-state index in [9.17, 15) is 20.1 Å². The van der Waals surface area contributed by atoms with Crippen LogP contribution in [-0.2, 0) is 9.53 Å². The van der Waals surface area contributed by atoms with Crippen molar-refractivity contribution in [2.24, 2.45) is 5.92 Å². The topological polar surface area (TPSA) is 166 Å². The Morgan fingerprint density at radius 2 is 1.94 bits per heavy atom. The van der Waals surface area contributed by atoms with Crippen LogP contribution in [0.3, 0.4) is 0 Å². The molecule has 13 heteroatoms. The molecule has 9 atom stereocenters. The highest BCUT2D eigenvalue weighted by atomic mass is 35.5. The molecule has 2 aliphatic heterocycles. The Bertz CT molecular complexity index is 584. The predicted molar refractivity (Wildman–Crippen MR) is 116 cm³/mol.